The number of H-pyrrole nitrogens is 2. The van der Waals surface area contributed by atoms with Gasteiger partial charge in [0.1, 0.15) is 21.3 Å². The normalized spacial score (nSPS) is 14.2. The maximum atomic E-state index is 14.7. The predicted octanol–water partition coefficient (Wildman–Crippen LogP) is 6.48. The van der Waals surface area contributed by atoms with Crippen LogP contribution < -0.4 is 5.32 Å². The first-order valence-electron chi connectivity index (χ1n) is 15.3. The van der Waals surface area contributed by atoms with E-state index in [1.807, 2.05) is 30.3 Å². The average Bonchev–Trinajstić information content (AvgIpc) is 3.68. The number of carbonyl (C=O) groups excluding carboxylic acids is 1. The van der Waals surface area contributed by atoms with E-state index >= 15 is 0 Å². The lowest BCUT2D eigenvalue weighted by atomic mass is 9.88. The number of pyridine rings is 2. The van der Waals surface area contributed by atoms with Gasteiger partial charge in [0.15, 0.2) is 11.5 Å². The summed E-state index contributed by atoms with van der Waals surface area (Å²) in [5, 5.41) is 11.2. The number of para-hydroxylation sites is 1. The van der Waals surface area contributed by atoms with Crippen molar-refractivity contribution in [2.45, 2.75) is 38.5 Å². The zero-order chi connectivity index (χ0) is 31.8. The largest absolute Gasteiger partial charge is 0.337 e. The summed E-state index contributed by atoms with van der Waals surface area (Å²) in [4.78, 5) is 30.0. The van der Waals surface area contributed by atoms with E-state index < -0.39 is 15.7 Å². The molecule has 1 fully saturated rings. The van der Waals surface area contributed by atoms with Gasteiger partial charge in [-0.3, -0.25) is 14.9 Å². The highest BCUT2D eigenvalue weighted by Gasteiger charge is 2.22. The fraction of sp³-hybridized carbons (Fsp3) is 0.265. The smallest absolute Gasteiger partial charge is 0.227 e. The molecule has 0 saturated heterocycles. The molecule has 0 bridgehead atoms. The second kappa shape index (κ2) is 12.1. The van der Waals surface area contributed by atoms with Gasteiger partial charge in [-0.1, -0.05) is 37.5 Å². The molecule has 234 valence electrons. The van der Waals surface area contributed by atoms with Crippen LogP contribution in [0.1, 0.15) is 37.7 Å². The quantitative estimate of drug-likeness (QED) is 0.173. The molecule has 10 nitrogen and oxygen atoms in total. The third kappa shape index (κ3) is 6.25. The van der Waals surface area contributed by atoms with E-state index in [1.165, 1.54) is 24.8 Å². The Kier molecular flexibility index (Phi) is 7.81. The number of aryl methyl sites for hydroxylation is 1. The second-order valence-corrected chi connectivity index (χ2v) is 14.3. The molecule has 0 atom stereocenters. The van der Waals surface area contributed by atoms with E-state index in [-0.39, 0.29) is 24.0 Å². The Labute approximate surface area is 264 Å². The molecule has 1 saturated carbocycles. The Bertz CT molecular complexity index is 2200. The van der Waals surface area contributed by atoms with Crippen LogP contribution in [0, 0.1) is 11.7 Å². The number of anilines is 1. The van der Waals surface area contributed by atoms with Crippen LogP contribution in [-0.4, -0.2) is 56.5 Å². The van der Waals surface area contributed by atoms with E-state index in [1.54, 1.807) is 24.7 Å². The molecular weight excluding hydrogens is 605 g/mol. The molecular formula is C34H32FN7O3S. The zero-order valence-electron chi connectivity index (χ0n) is 25.2. The number of halogens is 1. The molecule has 46 heavy (non-hydrogen) atoms. The Balaban J connectivity index is 1.21. The highest BCUT2D eigenvalue weighted by Crippen LogP contribution is 2.34. The van der Waals surface area contributed by atoms with Crippen molar-refractivity contribution < 1.29 is 17.6 Å². The number of fused-ring (bicyclic) bond motifs is 2. The van der Waals surface area contributed by atoms with Gasteiger partial charge >= 0.3 is 0 Å². The number of imidazole rings is 1. The van der Waals surface area contributed by atoms with Crippen LogP contribution in [0.5, 0.6) is 0 Å². The summed E-state index contributed by atoms with van der Waals surface area (Å²) in [6.45, 7) is 0. The molecule has 3 N–H and O–H groups in total. The lowest BCUT2D eigenvalue weighted by Crippen LogP contribution is -2.24. The Hall–Kier alpha value is -4.97. The van der Waals surface area contributed by atoms with Crippen LogP contribution >= 0.6 is 0 Å². The zero-order valence-corrected chi connectivity index (χ0v) is 26.0. The summed E-state index contributed by atoms with van der Waals surface area (Å²) < 4.78 is 38.1. The number of benzene rings is 2. The van der Waals surface area contributed by atoms with Crippen molar-refractivity contribution in [3.05, 3.63) is 78.5 Å². The van der Waals surface area contributed by atoms with Crippen molar-refractivity contribution in [1.82, 2.24) is 30.1 Å². The molecule has 1 aliphatic rings. The Morgan fingerprint density at radius 2 is 1.83 bits per heavy atom. The first-order chi connectivity index (χ1) is 22.2. The van der Waals surface area contributed by atoms with Gasteiger partial charge in [-0.2, -0.15) is 5.10 Å². The average molecular weight is 638 g/mol. The molecule has 12 heteroatoms. The highest BCUT2D eigenvalue weighted by atomic mass is 32.2. The third-order valence-electron chi connectivity index (χ3n) is 8.50. The van der Waals surface area contributed by atoms with Gasteiger partial charge in [0, 0.05) is 41.3 Å². The maximum Gasteiger partial charge on any atom is 0.227 e. The van der Waals surface area contributed by atoms with Crippen molar-refractivity contribution in [3.8, 4) is 33.8 Å². The first kappa shape index (κ1) is 29.7. The summed E-state index contributed by atoms with van der Waals surface area (Å²) in [7, 11) is -3.19. The van der Waals surface area contributed by atoms with Gasteiger partial charge < -0.3 is 10.3 Å². The summed E-state index contributed by atoms with van der Waals surface area (Å²) in [6, 6.07) is 14.1. The monoisotopic (exact) mass is 637 g/mol. The highest BCUT2D eigenvalue weighted by molar-refractivity contribution is 7.90. The predicted molar refractivity (Wildman–Crippen MR) is 176 cm³/mol. The van der Waals surface area contributed by atoms with Crippen molar-refractivity contribution in [3.63, 3.8) is 0 Å². The minimum atomic E-state index is -3.19. The Morgan fingerprint density at radius 3 is 2.65 bits per heavy atom. The van der Waals surface area contributed by atoms with Crippen molar-refractivity contribution in [1.29, 1.82) is 0 Å². The number of nitrogens with zero attached hydrogens (tertiary/aromatic N) is 4. The number of amides is 1. The molecule has 1 aliphatic carbocycles. The SMILES string of the molecule is CS(=O)(=O)CCc1cc(F)cc(-c2cccc3[nH]c(-c4[nH]nc5ncc(-c6cncc(NC(=O)C7CCCCC7)c6)cc45)nc23)c1. The summed E-state index contributed by atoms with van der Waals surface area (Å²) >= 11 is 0. The molecule has 4 aromatic heterocycles. The number of hydrogen-bond donors (Lipinski definition) is 3. The first-order valence-corrected chi connectivity index (χ1v) is 17.3. The number of aromatic amines is 2. The van der Waals surface area contributed by atoms with Crippen LogP contribution in [0.15, 0.2) is 67.1 Å². The van der Waals surface area contributed by atoms with E-state index in [4.69, 9.17) is 4.98 Å². The van der Waals surface area contributed by atoms with Crippen molar-refractivity contribution in [2.75, 3.05) is 17.3 Å². The van der Waals surface area contributed by atoms with Gasteiger partial charge in [0.05, 0.1) is 34.1 Å². The summed E-state index contributed by atoms with van der Waals surface area (Å²) in [6.07, 6.45) is 11.7. The number of nitrogens with one attached hydrogen (secondary N) is 3. The molecule has 0 aliphatic heterocycles. The lowest BCUT2D eigenvalue weighted by Gasteiger charge is -2.20. The minimum Gasteiger partial charge on any atom is -0.337 e. The van der Waals surface area contributed by atoms with E-state index in [2.05, 4.69) is 30.5 Å². The topological polar surface area (TPSA) is 146 Å². The van der Waals surface area contributed by atoms with Gasteiger partial charge in [-0.05, 0) is 60.7 Å². The van der Waals surface area contributed by atoms with E-state index in [0.717, 1.165) is 47.7 Å². The number of carbonyl (C=O) groups is 1. The number of aromatic nitrogens is 6. The summed E-state index contributed by atoms with van der Waals surface area (Å²) in [5.41, 5.74) is 6.67. The lowest BCUT2D eigenvalue weighted by molar-refractivity contribution is -0.120. The van der Waals surface area contributed by atoms with Gasteiger partial charge in [0.25, 0.3) is 0 Å². The number of sulfone groups is 1. The van der Waals surface area contributed by atoms with Crippen LogP contribution in [0.3, 0.4) is 0 Å². The van der Waals surface area contributed by atoms with Gasteiger partial charge in [-0.15, -0.1) is 0 Å². The van der Waals surface area contributed by atoms with Crippen LogP contribution in [0.4, 0.5) is 10.1 Å². The number of rotatable bonds is 8. The maximum absolute atomic E-state index is 14.7. The molecule has 7 rings (SSSR count). The number of hydrogen-bond acceptors (Lipinski definition) is 7. The Morgan fingerprint density at radius 1 is 1.00 bits per heavy atom. The third-order valence-corrected chi connectivity index (χ3v) is 9.45. The van der Waals surface area contributed by atoms with Gasteiger partial charge in [0.2, 0.25) is 5.91 Å². The molecule has 0 radical (unpaired) electrons. The standard InChI is InChI=1S/C34H32FN7O3S/c1-46(44,45)11-10-20-12-22(14-25(35)13-20)27-8-5-9-29-30(27)40-33(39-29)31-28-16-24(18-37-32(28)42-41-31)23-15-26(19-36-17-23)38-34(43)21-6-3-2-4-7-21/h5,8-9,12-19,21H,2-4,6-7,10-11H2,1H3,(H,38,43)(H,39,40)(H,37,41,42). The fourth-order valence-corrected chi connectivity index (χ4v) is 6.76. The summed E-state index contributed by atoms with van der Waals surface area (Å²) in [5.74, 6) is 0.0988. The van der Waals surface area contributed by atoms with E-state index in [9.17, 15) is 17.6 Å². The molecule has 0 unspecified atom stereocenters. The second-order valence-electron chi connectivity index (χ2n) is 12.0. The van der Waals surface area contributed by atoms with Crippen molar-refractivity contribution >= 4 is 43.5 Å². The van der Waals surface area contributed by atoms with E-state index in [0.29, 0.717) is 45.1 Å². The molecule has 2 aromatic carbocycles. The van der Waals surface area contributed by atoms with Crippen LogP contribution in [0.2, 0.25) is 0 Å². The van der Waals surface area contributed by atoms with Crippen LogP contribution in [-0.2, 0) is 21.1 Å². The molecule has 1 amide bonds. The minimum absolute atomic E-state index is 0.0380. The molecule has 6 aromatic rings. The van der Waals surface area contributed by atoms with Crippen LogP contribution in [0.25, 0.3) is 55.8 Å². The van der Waals surface area contributed by atoms with Gasteiger partial charge in [-0.25, -0.2) is 22.8 Å². The van der Waals surface area contributed by atoms with Crippen molar-refractivity contribution in [2.24, 2.45) is 5.92 Å². The molecule has 0 spiro atoms. The fourth-order valence-electron chi connectivity index (χ4n) is 6.15. The molecule has 4 heterocycles.